The standard InChI is InChI=1S/C26H24N4O4/c1-32-14-26(15-33-2)24(31)23(21-11-17(13-27)7-10-22(21)34-26)30-25(29-16-28)20-9-8-18-5-3-4-6-19(18)12-20/h3-12,23-24,31H,14-15H2,1-2H3,(H,29,30)/t23-,24+/m1/s1. The molecule has 34 heavy (non-hydrogen) atoms. The minimum Gasteiger partial charge on any atom is -0.479 e. The predicted molar refractivity (Wildman–Crippen MR) is 126 cm³/mol. The van der Waals surface area contributed by atoms with Gasteiger partial charge in [-0.2, -0.15) is 10.5 Å². The summed E-state index contributed by atoms with van der Waals surface area (Å²) in [7, 11) is 3.02. The fourth-order valence-corrected chi connectivity index (χ4v) is 4.29. The van der Waals surface area contributed by atoms with Gasteiger partial charge in [0.2, 0.25) is 0 Å². The zero-order valence-electron chi connectivity index (χ0n) is 18.9. The molecule has 0 amide bonds. The Morgan fingerprint density at radius 3 is 2.47 bits per heavy atom. The Bertz CT molecular complexity index is 1300. The Morgan fingerprint density at radius 1 is 1.06 bits per heavy atom. The monoisotopic (exact) mass is 456 g/mol. The van der Waals surface area contributed by atoms with Crippen LogP contribution in [0, 0.1) is 22.8 Å². The first-order valence-electron chi connectivity index (χ1n) is 10.7. The van der Waals surface area contributed by atoms with Crippen molar-refractivity contribution >= 4 is 16.6 Å². The van der Waals surface area contributed by atoms with Gasteiger partial charge in [-0.25, -0.2) is 0 Å². The highest BCUT2D eigenvalue weighted by Crippen LogP contribution is 2.43. The first-order chi connectivity index (χ1) is 16.5. The quantitative estimate of drug-likeness (QED) is 0.253. The van der Waals surface area contributed by atoms with E-state index in [0.717, 1.165) is 10.8 Å². The molecule has 0 aromatic heterocycles. The third-order valence-electron chi connectivity index (χ3n) is 5.85. The molecule has 1 aliphatic heterocycles. The third kappa shape index (κ3) is 4.30. The number of aliphatic imine (C=N–C) groups is 1. The molecular formula is C26H24N4O4. The van der Waals surface area contributed by atoms with Crippen molar-refractivity contribution in [2.24, 2.45) is 4.99 Å². The highest BCUT2D eigenvalue weighted by molar-refractivity contribution is 6.03. The summed E-state index contributed by atoms with van der Waals surface area (Å²) in [5.74, 6) is 0.748. The van der Waals surface area contributed by atoms with Gasteiger partial charge < -0.3 is 19.3 Å². The highest BCUT2D eigenvalue weighted by Gasteiger charge is 2.50. The summed E-state index contributed by atoms with van der Waals surface area (Å²) in [6.45, 7) is 0.0922. The number of nitriles is 2. The number of nitrogens with one attached hydrogen (secondary N) is 1. The lowest BCUT2D eigenvalue weighted by Crippen LogP contribution is -2.59. The first-order valence-corrected chi connectivity index (χ1v) is 10.7. The maximum atomic E-state index is 11.5. The second kappa shape index (κ2) is 9.90. The van der Waals surface area contributed by atoms with Crippen molar-refractivity contribution in [2.75, 3.05) is 27.4 Å². The Kier molecular flexibility index (Phi) is 6.76. The number of rotatable bonds is 6. The van der Waals surface area contributed by atoms with Crippen molar-refractivity contribution in [3.05, 3.63) is 77.4 Å². The Morgan fingerprint density at radius 2 is 1.79 bits per heavy atom. The van der Waals surface area contributed by atoms with E-state index in [1.54, 1.807) is 18.2 Å². The molecule has 3 aromatic rings. The number of amidine groups is 1. The normalized spacial score (nSPS) is 18.9. The summed E-state index contributed by atoms with van der Waals surface area (Å²) < 4.78 is 16.9. The molecule has 0 spiro atoms. The number of hydrogen-bond donors (Lipinski definition) is 2. The summed E-state index contributed by atoms with van der Waals surface area (Å²) in [6, 6.07) is 19.8. The Hall–Kier alpha value is -3.95. The van der Waals surface area contributed by atoms with Gasteiger partial charge in [-0.3, -0.25) is 10.3 Å². The number of aliphatic hydroxyl groups excluding tert-OH is 1. The van der Waals surface area contributed by atoms with Gasteiger partial charge in [0.15, 0.2) is 11.8 Å². The molecule has 0 bridgehead atoms. The van der Waals surface area contributed by atoms with Gasteiger partial charge >= 0.3 is 0 Å². The van der Waals surface area contributed by atoms with Crippen molar-refractivity contribution in [1.29, 1.82) is 10.5 Å². The van der Waals surface area contributed by atoms with Crippen molar-refractivity contribution in [1.82, 2.24) is 5.32 Å². The third-order valence-corrected chi connectivity index (χ3v) is 5.85. The molecule has 8 nitrogen and oxygen atoms in total. The molecule has 0 fully saturated rings. The molecular weight excluding hydrogens is 432 g/mol. The lowest BCUT2D eigenvalue weighted by Gasteiger charge is -2.44. The average Bonchev–Trinajstić information content (AvgIpc) is 2.86. The molecule has 3 aromatic carbocycles. The van der Waals surface area contributed by atoms with Crippen molar-refractivity contribution in [2.45, 2.75) is 17.7 Å². The molecule has 1 heterocycles. The van der Waals surface area contributed by atoms with Crippen LogP contribution >= 0.6 is 0 Å². The molecule has 0 aliphatic carbocycles. The molecule has 2 atom stereocenters. The summed E-state index contributed by atoms with van der Waals surface area (Å²) in [6.07, 6.45) is 0.751. The molecule has 0 saturated carbocycles. The van der Waals surface area contributed by atoms with Crippen LogP contribution in [0.25, 0.3) is 10.8 Å². The lowest BCUT2D eigenvalue weighted by molar-refractivity contribution is -0.144. The molecule has 0 saturated heterocycles. The van der Waals surface area contributed by atoms with E-state index in [-0.39, 0.29) is 19.0 Å². The first kappa shape index (κ1) is 23.2. The molecule has 0 radical (unpaired) electrons. The van der Waals surface area contributed by atoms with E-state index in [9.17, 15) is 15.6 Å². The van der Waals surface area contributed by atoms with Crippen molar-refractivity contribution in [3.63, 3.8) is 0 Å². The molecule has 1 aliphatic rings. The smallest absolute Gasteiger partial charge is 0.183 e. The van der Waals surface area contributed by atoms with Gasteiger partial charge in [-0.15, -0.1) is 0 Å². The van der Waals surface area contributed by atoms with E-state index >= 15 is 0 Å². The van der Waals surface area contributed by atoms with Gasteiger partial charge in [-0.05, 0) is 35.0 Å². The van der Waals surface area contributed by atoms with Gasteiger partial charge in [0.1, 0.15) is 23.7 Å². The number of ether oxygens (including phenoxy) is 3. The minimum atomic E-state index is -1.24. The van der Waals surface area contributed by atoms with Crippen LogP contribution in [0.3, 0.4) is 0 Å². The number of nitrogens with zero attached hydrogens (tertiary/aromatic N) is 3. The Balaban J connectivity index is 1.88. The van der Waals surface area contributed by atoms with E-state index in [4.69, 9.17) is 19.2 Å². The molecule has 4 rings (SSSR count). The van der Waals surface area contributed by atoms with E-state index in [1.165, 1.54) is 14.2 Å². The second-order valence-electron chi connectivity index (χ2n) is 8.06. The van der Waals surface area contributed by atoms with Gasteiger partial charge in [-0.1, -0.05) is 36.4 Å². The minimum absolute atomic E-state index is 0.0461. The van der Waals surface area contributed by atoms with E-state index in [2.05, 4.69) is 11.4 Å². The number of methoxy groups -OCH3 is 2. The summed E-state index contributed by atoms with van der Waals surface area (Å²) in [5, 5.41) is 35.1. The van der Waals surface area contributed by atoms with Crippen LogP contribution in [0.2, 0.25) is 0 Å². The van der Waals surface area contributed by atoms with Crippen LogP contribution in [0.15, 0.2) is 65.7 Å². The van der Waals surface area contributed by atoms with Crippen LogP contribution in [0.1, 0.15) is 22.7 Å². The van der Waals surface area contributed by atoms with E-state index in [0.29, 0.717) is 22.4 Å². The van der Waals surface area contributed by atoms with Gasteiger partial charge in [0.05, 0.1) is 24.8 Å². The molecule has 0 unspecified atom stereocenters. The van der Waals surface area contributed by atoms with Crippen molar-refractivity contribution in [3.8, 4) is 18.0 Å². The summed E-state index contributed by atoms with van der Waals surface area (Å²) >= 11 is 0. The molecule has 172 valence electrons. The average molecular weight is 457 g/mol. The largest absolute Gasteiger partial charge is 0.479 e. The van der Waals surface area contributed by atoms with Crippen LogP contribution in [-0.2, 0) is 9.47 Å². The van der Waals surface area contributed by atoms with Crippen LogP contribution < -0.4 is 10.1 Å². The number of aliphatic hydroxyl groups is 1. The lowest BCUT2D eigenvalue weighted by atomic mass is 9.84. The summed E-state index contributed by atoms with van der Waals surface area (Å²) in [5.41, 5.74) is 0.384. The maximum Gasteiger partial charge on any atom is 0.183 e. The van der Waals surface area contributed by atoms with Gasteiger partial charge in [0.25, 0.3) is 0 Å². The fourth-order valence-electron chi connectivity index (χ4n) is 4.29. The topological polar surface area (TPSA) is 120 Å². The Labute approximate surface area is 197 Å². The fraction of sp³-hybridized carbons (Fsp3) is 0.269. The van der Waals surface area contributed by atoms with Crippen LogP contribution in [-0.4, -0.2) is 50.1 Å². The maximum absolute atomic E-state index is 11.5. The zero-order valence-corrected chi connectivity index (χ0v) is 18.9. The highest BCUT2D eigenvalue weighted by atomic mass is 16.6. The zero-order chi connectivity index (χ0) is 24.1. The summed E-state index contributed by atoms with van der Waals surface area (Å²) in [4.78, 5) is 4.79. The molecule has 2 N–H and O–H groups in total. The SMILES string of the molecule is COCC1(COC)Oc2ccc(C#N)cc2[C@@H](N=C(NC#N)c2ccc3ccccc3c2)[C@@H]1O. The second-order valence-corrected chi connectivity index (χ2v) is 8.06. The number of hydrogen-bond acceptors (Lipinski definition) is 7. The predicted octanol–water partition coefficient (Wildman–Crippen LogP) is 3.05. The number of benzene rings is 3. The van der Waals surface area contributed by atoms with E-state index in [1.807, 2.05) is 48.7 Å². The van der Waals surface area contributed by atoms with Crippen LogP contribution in [0.5, 0.6) is 5.75 Å². The van der Waals surface area contributed by atoms with Crippen molar-refractivity contribution < 1.29 is 19.3 Å². The van der Waals surface area contributed by atoms with Gasteiger partial charge in [0, 0.05) is 25.3 Å². The number of fused-ring (bicyclic) bond motifs is 2. The van der Waals surface area contributed by atoms with Crippen LogP contribution in [0.4, 0.5) is 0 Å². The molecule has 8 heteroatoms. The van der Waals surface area contributed by atoms with E-state index < -0.39 is 17.7 Å².